The van der Waals surface area contributed by atoms with Gasteiger partial charge in [-0.1, -0.05) is 26.0 Å². The molecule has 4 nitrogen and oxygen atoms in total. The predicted molar refractivity (Wildman–Crippen MR) is 63.6 cm³/mol. The van der Waals surface area contributed by atoms with E-state index in [1.807, 2.05) is 12.1 Å². The minimum absolute atomic E-state index is 0.140. The van der Waals surface area contributed by atoms with Crippen LogP contribution in [0.1, 0.15) is 19.4 Å². The van der Waals surface area contributed by atoms with Gasteiger partial charge in [0.05, 0.1) is 7.11 Å². The average molecular weight is 238 g/mol. The van der Waals surface area contributed by atoms with Gasteiger partial charge in [-0.15, -0.1) is 0 Å². The summed E-state index contributed by atoms with van der Waals surface area (Å²) in [4.78, 5) is 11.4. The number of hydrogen-bond acceptors (Lipinski definition) is 4. The Balaban J connectivity index is 2.47. The highest BCUT2D eigenvalue weighted by molar-refractivity contribution is 5.74. The molecule has 1 aromatic carbocycles. The largest absolute Gasteiger partial charge is 0.497 e. The van der Waals surface area contributed by atoms with Crippen molar-refractivity contribution in [1.29, 1.82) is 0 Å². The summed E-state index contributed by atoms with van der Waals surface area (Å²) < 4.78 is 10.0. The second-order valence-electron chi connectivity index (χ2n) is 4.14. The van der Waals surface area contributed by atoms with Crippen LogP contribution < -0.4 is 4.74 Å². The molecular formula is C13H18O4. The van der Waals surface area contributed by atoms with E-state index >= 15 is 0 Å². The van der Waals surface area contributed by atoms with Crippen molar-refractivity contribution >= 4 is 5.97 Å². The molecule has 1 aromatic rings. The Hall–Kier alpha value is -1.55. The molecule has 0 aromatic heterocycles. The quantitative estimate of drug-likeness (QED) is 0.794. The maximum atomic E-state index is 11.4. The second-order valence-corrected chi connectivity index (χ2v) is 4.14. The zero-order valence-electron chi connectivity index (χ0n) is 10.3. The molecule has 0 amide bonds. The van der Waals surface area contributed by atoms with Crippen LogP contribution in [0.4, 0.5) is 0 Å². The Labute approximate surface area is 101 Å². The predicted octanol–water partition coefficient (Wildman–Crippen LogP) is 1.76. The number of ether oxygens (including phenoxy) is 2. The van der Waals surface area contributed by atoms with E-state index in [0.29, 0.717) is 0 Å². The minimum Gasteiger partial charge on any atom is -0.497 e. The first-order valence-corrected chi connectivity index (χ1v) is 5.52. The van der Waals surface area contributed by atoms with Crippen LogP contribution in [0, 0.1) is 5.92 Å². The normalized spacial score (nSPS) is 12.3. The number of methoxy groups -OCH3 is 1. The fourth-order valence-corrected chi connectivity index (χ4v) is 1.23. The van der Waals surface area contributed by atoms with Gasteiger partial charge >= 0.3 is 5.97 Å². The molecule has 94 valence electrons. The number of esters is 1. The van der Waals surface area contributed by atoms with E-state index in [2.05, 4.69) is 0 Å². The standard InChI is InChI=1S/C13H18O4/c1-9(2)12(14)13(15)17-8-10-4-6-11(16-3)7-5-10/h4-7,9,12,14H,8H2,1-3H3. The van der Waals surface area contributed by atoms with E-state index in [-0.39, 0.29) is 12.5 Å². The molecule has 0 bridgehead atoms. The van der Waals surface area contributed by atoms with Gasteiger partial charge in [0.2, 0.25) is 0 Å². The van der Waals surface area contributed by atoms with Crippen molar-refractivity contribution in [3.05, 3.63) is 29.8 Å². The van der Waals surface area contributed by atoms with Crippen LogP contribution in [0.15, 0.2) is 24.3 Å². The molecule has 0 fully saturated rings. The van der Waals surface area contributed by atoms with Gasteiger partial charge in [0, 0.05) is 0 Å². The summed E-state index contributed by atoms with van der Waals surface area (Å²) in [6.07, 6.45) is -1.06. The lowest BCUT2D eigenvalue weighted by Crippen LogP contribution is -2.27. The smallest absolute Gasteiger partial charge is 0.335 e. The highest BCUT2D eigenvalue weighted by atomic mass is 16.5. The molecule has 4 heteroatoms. The topological polar surface area (TPSA) is 55.8 Å². The number of benzene rings is 1. The van der Waals surface area contributed by atoms with Crippen molar-refractivity contribution in [3.8, 4) is 5.75 Å². The van der Waals surface area contributed by atoms with Crippen molar-refractivity contribution < 1.29 is 19.4 Å². The third-order valence-electron chi connectivity index (χ3n) is 2.41. The van der Waals surface area contributed by atoms with Gasteiger partial charge in [-0.3, -0.25) is 0 Å². The molecule has 0 spiro atoms. The number of rotatable bonds is 5. The Morgan fingerprint density at radius 2 is 1.88 bits per heavy atom. The molecule has 1 rings (SSSR count). The highest BCUT2D eigenvalue weighted by Gasteiger charge is 2.20. The monoisotopic (exact) mass is 238 g/mol. The molecule has 0 aliphatic heterocycles. The van der Waals surface area contributed by atoms with E-state index in [9.17, 15) is 9.90 Å². The number of carbonyl (C=O) groups excluding carboxylic acids is 1. The summed E-state index contributed by atoms with van der Waals surface area (Å²) in [5.41, 5.74) is 0.857. The van der Waals surface area contributed by atoms with Crippen LogP contribution in [0.3, 0.4) is 0 Å². The molecule has 0 saturated carbocycles. The lowest BCUT2D eigenvalue weighted by atomic mass is 10.1. The van der Waals surface area contributed by atoms with Crippen LogP contribution in [-0.4, -0.2) is 24.3 Å². The molecule has 1 unspecified atom stereocenters. The Morgan fingerprint density at radius 3 is 2.35 bits per heavy atom. The number of aliphatic hydroxyl groups is 1. The molecule has 0 saturated heterocycles. The molecule has 0 aliphatic rings. The fourth-order valence-electron chi connectivity index (χ4n) is 1.23. The van der Waals surface area contributed by atoms with E-state index in [1.54, 1.807) is 33.1 Å². The Bertz CT molecular complexity index is 356. The van der Waals surface area contributed by atoms with Crippen molar-refractivity contribution in [2.75, 3.05) is 7.11 Å². The van der Waals surface area contributed by atoms with Crippen molar-refractivity contribution in [2.24, 2.45) is 5.92 Å². The molecular weight excluding hydrogens is 220 g/mol. The van der Waals surface area contributed by atoms with Crippen molar-refractivity contribution in [2.45, 2.75) is 26.6 Å². The number of hydrogen-bond donors (Lipinski definition) is 1. The van der Waals surface area contributed by atoms with Crippen LogP contribution in [0.5, 0.6) is 5.75 Å². The van der Waals surface area contributed by atoms with Gasteiger partial charge in [0.1, 0.15) is 12.4 Å². The molecule has 17 heavy (non-hydrogen) atoms. The maximum Gasteiger partial charge on any atom is 0.335 e. The van der Waals surface area contributed by atoms with E-state index in [0.717, 1.165) is 11.3 Å². The summed E-state index contributed by atoms with van der Waals surface area (Å²) in [7, 11) is 1.59. The Kier molecular flexibility index (Phi) is 4.97. The first kappa shape index (κ1) is 13.5. The molecule has 1 N–H and O–H groups in total. The summed E-state index contributed by atoms with van der Waals surface area (Å²) in [5.74, 6) is 0.0245. The van der Waals surface area contributed by atoms with Gasteiger partial charge in [0.15, 0.2) is 6.10 Å². The Morgan fingerprint density at radius 1 is 1.29 bits per heavy atom. The molecule has 0 aliphatic carbocycles. The van der Waals surface area contributed by atoms with Crippen LogP contribution in [0.25, 0.3) is 0 Å². The van der Waals surface area contributed by atoms with Crippen molar-refractivity contribution in [3.63, 3.8) is 0 Å². The SMILES string of the molecule is COc1ccc(COC(=O)C(O)C(C)C)cc1. The first-order chi connectivity index (χ1) is 8.04. The zero-order valence-corrected chi connectivity index (χ0v) is 10.3. The number of carbonyl (C=O) groups is 1. The molecule has 0 radical (unpaired) electrons. The zero-order chi connectivity index (χ0) is 12.8. The van der Waals surface area contributed by atoms with Gasteiger partial charge in [-0.25, -0.2) is 4.79 Å². The lowest BCUT2D eigenvalue weighted by molar-refractivity contribution is -0.157. The second kappa shape index (κ2) is 6.25. The third-order valence-corrected chi connectivity index (χ3v) is 2.41. The van der Waals surface area contributed by atoms with Crippen LogP contribution in [-0.2, 0) is 16.1 Å². The van der Waals surface area contributed by atoms with E-state index < -0.39 is 12.1 Å². The summed E-state index contributed by atoms with van der Waals surface area (Å²) in [6.45, 7) is 3.69. The summed E-state index contributed by atoms with van der Waals surface area (Å²) >= 11 is 0. The summed E-state index contributed by atoms with van der Waals surface area (Å²) in [5, 5.41) is 9.46. The highest BCUT2D eigenvalue weighted by Crippen LogP contribution is 2.12. The maximum absolute atomic E-state index is 11.4. The van der Waals surface area contributed by atoms with E-state index in [4.69, 9.17) is 9.47 Å². The molecule has 1 atom stereocenters. The van der Waals surface area contributed by atoms with Crippen LogP contribution >= 0.6 is 0 Å². The number of aliphatic hydroxyl groups excluding tert-OH is 1. The summed E-state index contributed by atoms with van der Waals surface area (Å²) in [6, 6.07) is 7.21. The lowest BCUT2D eigenvalue weighted by Gasteiger charge is -2.13. The van der Waals surface area contributed by atoms with Gasteiger partial charge < -0.3 is 14.6 Å². The molecule has 0 heterocycles. The van der Waals surface area contributed by atoms with Crippen LogP contribution in [0.2, 0.25) is 0 Å². The third kappa shape index (κ3) is 4.07. The first-order valence-electron chi connectivity index (χ1n) is 5.52. The van der Waals surface area contributed by atoms with E-state index in [1.165, 1.54) is 0 Å². The van der Waals surface area contributed by atoms with Gasteiger partial charge in [-0.2, -0.15) is 0 Å². The minimum atomic E-state index is -1.06. The van der Waals surface area contributed by atoms with Crippen molar-refractivity contribution in [1.82, 2.24) is 0 Å². The van der Waals surface area contributed by atoms with Gasteiger partial charge in [-0.05, 0) is 23.6 Å². The average Bonchev–Trinajstić information content (AvgIpc) is 2.35. The van der Waals surface area contributed by atoms with Gasteiger partial charge in [0.25, 0.3) is 0 Å². The fraction of sp³-hybridized carbons (Fsp3) is 0.462.